The summed E-state index contributed by atoms with van der Waals surface area (Å²) in [6, 6.07) is 0. The van der Waals surface area contributed by atoms with Gasteiger partial charge in [0, 0.05) is 20.6 Å². The highest BCUT2D eigenvalue weighted by atomic mass is 32.1. The molecule has 0 saturated heterocycles. The SMILES string of the molecule is CCNc1sc(C(=O)N(C)C)c(N)c1OC. The van der Waals surface area contributed by atoms with E-state index in [2.05, 4.69) is 5.32 Å². The molecule has 0 aliphatic heterocycles. The van der Waals surface area contributed by atoms with Gasteiger partial charge in [-0.05, 0) is 6.92 Å². The molecule has 0 aliphatic rings. The van der Waals surface area contributed by atoms with Crippen molar-refractivity contribution >= 4 is 27.9 Å². The molecule has 3 N–H and O–H groups in total. The average molecular weight is 243 g/mol. The molecular formula is C10H17N3O2S. The first-order valence-electron chi connectivity index (χ1n) is 4.94. The molecule has 1 heterocycles. The molecule has 90 valence electrons. The van der Waals surface area contributed by atoms with Crippen molar-refractivity contribution in [3.63, 3.8) is 0 Å². The molecule has 1 aromatic rings. The number of hydrogen-bond donors (Lipinski definition) is 2. The van der Waals surface area contributed by atoms with E-state index in [-0.39, 0.29) is 5.91 Å². The van der Waals surface area contributed by atoms with Crippen LogP contribution >= 0.6 is 11.3 Å². The first kappa shape index (κ1) is 12.6. The minimum absolute atomic E-state index is 0.107. The number of carbonyl (C=O) groups is 1. The van der Waals surface area contributed by atoms with Crippen LogP contribution in [0.15, 0.2) is 0 Å². The number of methoxy groups -OCH3 is 1. The van der Waals surface area contributed by atoms with Crippen molar-refractivity contribution in [3.8, 4) is 5.75 Å². The molecule has 1 aromatic heterocycles. The second-order valence-corrected chi connectivity index (χ2v) is 4.46. The maximum atomic E-state index is 11.8. The van der Waals surface area contributed by atoms with Crippen molar-refractivity contribution in [2.45, 2.75) is 6.92 Å². The Morgan fingerprint density at radius 1 is 1.56 bits per heavy atom. The van der Waals surface area contributed by atoms with Gasteiger partial charge in [-0.25, -0.2) is 0 Å². The highest BCUT2D eigenvalue weighted by Crippen LogP contribution is 2.42. The lowest BCUT2D eigenvalue weighted by Crippen LogP contribution is -2.21. The summed E-state index contributed by atoms with van der Waals surface area (Å²) in [7, 11) is 4.94. The molecule has 0 aromatic carbocycles. The van der Waals surface area contributed by atoms with E-state index in [4.69, 9.17) is 10.5 Å². The van der Waals surface area contributed by atoms with Gasteiger partial charge in [0.05, 0.1) is 7.11 Å². The average Bonchev–Trinajstić information content (AvgIpc) is 2.54. The van der Waals surface area contributed by atoms with Crippen molar-refractivity contribution in [2.75, 3.05) is 38.8 Å². The van der Waals surface area contributed by atoms with Crippen molar-refractivity contribution in [2.24, 2.45) is 0 Å². The number of nitrogens with zero attached hydrogens (tertiary/aromatic N) is 1. The minimum atomic E-state index is -0.107. The number of anilines is 2. The summed E-state index contributed by atoms with van der Waals surface area (Å²) in [6.07, 6.45) is 0. The van der Waals surface area contributed by atoms with Gasteiger partial charge in [0.2, 0.25) is 0 Å². The van der Waals surface area contributed by atoms with Crippen molar-refractivity contribution < 1.29 is 9.53 Å². The zero-order chi connectivity index (χ0) is 12.3. The number of amides is 1. The lowest BCUT2D eigenvalue weighted by molar-refractivity contribution is 0.0833. The predicted octanol–water partition coefficient (Wildman–Crippen LogP) is 1.47. The van der Waals surface area contributed by atoms with Crippen LogP contribution in [0.25, 0.3) is 0 Å². The van der Waals surface area contributed by atoms with Gasteiger partial charge in [-0.1, -0.05) is 0 Å². The topological polar surface area (TPSA) is 67.6 Å². The molecular weight excluding hydrogens is 226 g/mol. The molecule has 6 heteroatoms. The van der Waals surface area contributed by atoms with Crippen LogP contribution in [0.4, 0.5) is 10.7 Å². The van der Waals surface area contributed by atoms with Crippen LogP contribution in [0.2, 0.25) is 0 Å². The van der Waals surface area contributed by atoms with Gasteiger partial charge in [0.15, 0.2) is 5.75 Å². The maximum Gasteiger partial charge on any atom is 0.265 e. The third-order valence-electron chi connectivity index (χ3n) is 2.04. The Morgan fingerprint density at radius 2 is 2.19 bits per heavy atom. The van der Waals surface area contributed by atoms with Gasteiger partial charge in [-0.3, -0.25) is 4.79 Å². The second kappa shape index (κ2) is 5.07. The molecule has 0 atom stereocenters. The Bertz CT molecular complexity index is 388. The van der Waals surface area contributed by atoms with E-state index < -0.39 is 0 Å². The summed E-state index contributed by atoms with van der Waals surface area (Å²) >= 11 is 1.32. The molecule has 0 radical (unpaired) electrons. The van der Waals surface area contributed by atoms with Gasteiger partial charge in [-0.2, -0.15) is 0 Å². The molecule has 0 bridgehead atoms. The summed E-state index contributed by atoms with van der Waals surface area (Å²) in [5.74, 6) is 0.446. The molecule has 1 amide bonds. The Kier molecular flexibility index (Phi) is 4.00. The van der Waals surface area contributed by atoms with Gasteiger partial charge < -0.3 is 20.7 Å². The Labute approximate surface area is 99.2 Å². The third-order valence-corrected chi connectivity index (χ3v) is 3.17. The summed E-state index contributed by atoms with van der Waals surface area (Å²) in [5, 5.41) is 3.92. The number of ether oxygens (including phenoxy) is 1. The molecule has 0 unspecified atom stereocenters. The molecule has 0 fully saturated rings. The van der Waals surface area contributed by atoms with E-state index >= 15 is 0 Å². The summed E-state index contributed by atoms with van der Waals surface area (Å²) in [6.45, 7) is 2.73. The summed E-state index contributed by atoms with van der Waals surface area (Å²) < 4.78 is 5.19. The third kappa shape index (κ3) is 2.21. The van der Waals surface area contributed by atoms with Crippen molar-refractivity contribution in [1.82, 2.24) is 4.90 Å². The van der Waals surface area contributed by atoms with Crippen LogP contribution in [0.3, 0.4) is 0 Å². The maximum absolute atomic E-state index is 11.8. The molecule has 0 spiro atoms. The van der Waals surface area contributed by atoms with Gasteiger partial charge in [0.1, 0.15) is 15.6 Å². The van der Waals surface area contributed by atoms with Crippen LogP contribution in [0.1, 0.15) is 16.6 Å². The fourth-order valence-electron chi connectivity index (χ4n) is 1.27. The van der Waals surface area contributed by atoms with Crippen LogP contribution < -0.4 is 15.8 Å². The predicted molar refractivity (Wildman–Crippen MR) is 67.5 cm³/mol. The molecule has 0 aliphatic carbocycles. The number of nitrogen functional groups attached to an aromatic ring is 1. The minimum Gasteiger partial charge on any atom is -0.492 e. The zero-order valence-corrected chi connectivity index (χ0v) is 10.8. The van der Waals surface area contributed by atoms with Crippen LogP contribution in [-0.4, -0.2) is 38.6 Å². The highest BCUT2D eigenvalue weighted by Gasteiger charge is 2.22. The highest BCUT2D eigenvalue weighted by molar-refractivity contribution is 7.19. The lowest BCUT2D eigenvalue weighted by atomic mass is 10.3. The molecule has 0 saturated carbocycles. The number of thiophene rings is 1. The van der Waals surface area contributed by atoms with E-state index in [1.165, 1.54) is 16.2 Å². The quantitative estimate of drug-likeness (QED) is 0.840. The van der Waals surface area contributed by atoms with E-state index in [1.54, 1.807) is 21.2 Å². The van der Waals surface area contributed by atoms with E-state index in [1.807, 2.05) is 6.92 Å². The lowest BCUT2D eigenvalue weighted by Gasteiger charge is -2.08. The normalized spacial score (nSPS) is 10.0. The summed E-state index contributed by atoms with van der Waals surface area (Å²) in [4.78, 5) is 13.8. The zero-order valence-electron chi connectivity index (χ0n) is 9.96. The van der Waals surface area contributed by atoms with Crippen LogP contribution in [0.5, 0.6) is 5.75 Å². The van der Waals surface area contributed by atoms with Crippen molar-refractivity contribution in [3.05, 3.63) is 4.88 Å². The second-order valence-electron chi connectivity index (χ2n) is 3.44. The van der Waals surface area contributed by atoms with Gasteiger partial charge >= 0.3 is 0 Å². The molecule has 5 nitrogen and oxygen atoms in total. The van der Waals surface area contributed by atoms with Crippen molar-refractivity contribution in [1.29, 1.82) is 0 Å². The van der Waals surface area contributed by atoms with E-state index in [0.717, 1.165) is 11.5 Å². The number of nitrogens with two attached hydrogens (primary N) is 1. The van der Waals surface area contributed by atoms with E-state index in [9.17, 15) is 4.79 Å². The fraction of sp³-hybridized carbons (Fsp3) is 0.500. The fourth-order valence-corrected chi connectivity index (χ4v) is 2.45. The Hall–Kier alpha value is -1.43. The number of nitrogens with one attached hydrogen (secondary N) is 1. The number of rotatable bonds is 4. The van der Waals surface area contributed by atoms with Gasteiger partial charge in [0.25, 0.3) is 5.91 Å². The first-order chi connectivity index (χ1) is 7.52. The summed E-state index contributed by atoms with van der Waals surface area (Å²) in [5.41, 5.74) is 6.29. The Balaban J connectivity index is 3.16. The molecule has 1 rings (SSSR count). The number of carbonyl (C=O) groups excluding carboxylic acids is 1. The van der Waals surface area contributed by atoms with E-state index in [0.29, 0.717) is 16.3 Å². The number of hydrogen-bond acceptors (Lipinski definition) is 5. The largest absolute Gasteiger partial charge is 0.492 e. The van der Waals surface area contributed by atoms with Gasteiger partial charge in [-0.15, -0.1) is 11.3 Å². The van der Waals surface area contributed by atoms with Crippen LogP contribution in [0, 0.1) is 0 Å². The molecule has 16 heavy (non-hydrogen) atoms. The monoisotopic (exact) mass is 243 g/mol. The smallest absolute Gasteiger partial charge is 0.265 e. The standard InChI is InChI=1S/C10H17N3O2S/c1-5-12-9-7(15-4)6(11)8(16-9)10(14)13(2)3/h12H,5,11H2,1-4H3. The first-order valence-corrected chi connectivity index (χ1v) is 5.76. The Morgan fingerprint density at radius 3 is 2.62 bits per heavy atom. The van der Waals surface area contributed by atoms with Crippen LogP contribution in [-0.2, 0) is 0 Å².